The molecule has 0 aliphatic carbocycles. The van der Waals surface area contributed by atoms with Crippen molar-refractivity contribution in [1.82, 2.24) is 0 Å². The van der Waals surface area contributed by atoms with Gasteiger partial charge in [0.15, 0.2) is 0 Å². The van der Waals surface area contributed by atoms with Crippen molar-refractivity contribution in [3.63, 3.8) is 0 Å². The van der Waals surface area contributed by atoms with Gasteiger partial charge in [0, 0.05) is 0 Å². The Balaban J connectivity index is 2.65. The molecule has 1 heteroatoms. The summed E-state index contributed by atoms with van der Waals surface area (Å²) in [6.45, 7) is 6.76. The van der Waals surface area contributed by atoms with E-state index in [9.17, 15) is 0 Å². The third-order valence-electron chi connectivity index (χ3n) is 1.47. The summed E-state index contributed by atoms with van der Waals surface area (Å²) in [6, 6.07) is 0. The molecule has 56 valence electrons. The molecule has 0 saturated heterocycles. The lowest BCUT2D eigenvalue weighted by Crippen LogP contribution is -2.06. The molecule has 0 aromatic rings. The van der Waals surface area contributed by atoms with Crippen LogP contribution in [0, 0.1) is 5.41 Å². The van der Waals surface area contributed by atoms with E-state index in [1.165, 1.54) is 4.91 Å². The van der Waals surface area contributed by atoms with Gasteiger partial charge in [-0.15, -0.1) is 11.8 Å². The Morgan fingerprint density at radius 1 is 1.40 bits per heavy atom. The Morgan fingerprint density at radius 2 is 2.10 bits per heavy atom. The number of thioether (sulfide) groups is 1. The fraction of sp³-hybridized carbons (Fsp3) is 0.556. The van der Waals surface area contributed by atoms with Crippen molar-refractivity contribution in [3.05, 3.63) is 22.5 Å². The monoisotopic (exact) mass is 154 g/mol. The zero-order valence-electron chi connectivity index (χ0n) is 6.85. The number of rotatable bonds is 0. The number of hydrogen-bond donors (Lipinski definition) is 0. The molecule has 0 unspecified atom stereocenters. The van der Waals surface area contributed by atoms with Crippen LogP contribution in [-0.4, -0.2) is 0 Å². The van der Waals surface area contributed by atoms with Crippen LogP contribution in [0.15, 0.2) is 22.5 Å². The van der Waals surface area contributed by atoms with E-state index < -0.39 is 0 Å². The van der Waals surface area contributed by atoms with Crippen LogP contribution in [0.25, 0.3) is 0 Å². The zero-order chi connectivity index (χ0) is 7.61. The van der Waals surface area contributed by atoms with Crippen molar-refractivity contribution in [2.75, 3.05) is 0 Å². The van der Waals surface area contributed by atoms with Crippen molar-refractivity contribution in [2.45, 2.75) is 27.2 Å². The highest BCUT2D eigenvalue weighted by atomic mass is 32.2. The minimum Gasteiger partial charge on any atom is -0.103 e. The first-order chi connectivity index (χ1) is 4.61. The molecule has 0 amide bonds. The minimum atomic E-state index is 0.343. The number of allylic oxidation sites excluding steroid dienone is 3. The van der Waals surface area contributed by atoms with Crippen molar-refractivity contribution >= 4 is 11.8 Å². The molecule has 0 aromatic heterocycles. The van der Waals surface area contributed by atoms with E-state index in [-0.39, 0.29) is 0 Å². The molecule has 1 rings (SSSR count). The average molecular weight is 154 g/mol. The van der Waals surface area contributed by atoms with Gasteiger partial charge in [-0.1, -0.05) is 32.9 Å². The summed E-state index contributed by atoms with van der Waals surface area (Å²) in [5.41, 5.74) is 0.343. The van der Waals surface area contributed by atoms with Gasteiger partial charge in [0.25, 0.3) is 0 Å². The molecule has 0 radical (unpaired) electrons. The first kappa shape index (κ1) is 7.93. The molecule has 0 N–H and O–H groups in total. The molecular weight excluding hydrogens is 140 g/mol. The van der Waals surface area contributed by atoms with Crippen LogP contribution in [0.2, 0.25) is 0 Å². The molecule has 10 heavy (non-hydrogen) atoms. The standard InChI is InChI=1S/C9H14S/c1-9(2,3)8-6-4-5-7-10-8/h5-7H,4H2,1-3H3. The second kappa shape index (κ2) is 2.83. The molecular formula is C9H14S. The van der Waals surface area contributed by atoms with Crippen molar-refractivity contribution in [1.29, 1.82) is 0 Å². The van der Waals surface area contributed by atoms with E-state index in [0.717, 1.165) is 6.42 Å². The van der Waals surface area contributed by atoms with E-state index in [0.29, 0.717) is 5.41 Å². The highest BCUT2D eigenvalue weighted by Crippen LogP contribution is 2.37. The van der Waals surface area contributed by atoms with Crippen molar-refractivity contribution < 1.29 is 0 Å². The topological polar surface area (TPSA) is 0 Å². The molecule has 1 aliphatic heterocycles. The average Bonchev–Trinajstić information content (AvgIpc) is 1.88. The van der Waals surface area contributed by atoms with E-state index in [1.54, 1.807) is 0 Å². The van der Waals surface area contributed by atoms with E-state index in [2.05, 4.69) is 38.3 Å². The molecule has 0 nitrogen and oxygen atoms in total. The fourth-order valence-corrected chi connectivity index (χ4v) is 1.78. The SMILES string of the molecule is CC(C)(C)C1=CCC=CS1. The zero-order valence-corrected chi connectivity index (χ0v) is 7.66. The Hall–Kier alpha value is -0.170. The van der Waals surface area contributed by atoms with Crippen LogP contribution in [0.4, 0.5) is 0 Å². The van der Waals surface area contributed by atoms with Crippen molar-refractivity contribution in [2.24, 2.45) is 5.41 Å². The van der Waals surface area contributed by atoms with Gasteiger partial charge in [-0.25, -0.2) is 0 Å². The molecule has 0 atom stereocenters. The first-order valence-corrected chi connectivity index (χ1v) is 4.51. The second-order valence-electron chi connectivity index (χ2n) is 3.54. The van der Waals surface area contributed by atoms with Crippen LogP contribution in [0.3, 0.4) is 0 Å². The predicted molar refractivity (Wildman–Crippen MR) is 48.9 cm³/mol. The largest absolute Gasteiger partial charge is 0.103 e. The first-order valence-electron chi connectivity index (χ1n) is 3.63. The minimum absolute atomic E-state index is 0.343. The third kappa shape index (κ3) is 1.91. The lowest BCUT2D eigenvalue weighted by Gasteiger charge is -2.22. The highest BCUT2D eigenvalue weighted by Gasteiger charge is 2.16. The van der Waals surface area contributed by atoms with Gasteiger partial charge >= 0.3 is 0 Å². The second-order valence-corrected chi connectivity index (χ2v) is 4.49. The summed E-state index contributed by atoms with van der Waals surface area (Å²) in [5, 5.41) is 2.18. The maximum atomic E-state index is 2.31. The smallest absolute Gasteiger partial charge is 0.00717 e. The summed E-state index contributed by atoms with van der Waals surface area (Å²) in [7, 11) is 0. The van der Waals surface area contributed by atoms with Gasteiger partial charge in [0.05, 0.1) is 0 Å². The van der Waals surface area contributed by atoms with Crippen molar-refractivity contribution in [3.8, 4) is 0 Å². The Labute approximate surface area is 67.4 Å². The Morgan fingerprint density at radius 3 is 2.40 bits per heavy atom. The molecule has 1 aliphatic rings. The highest BCUT2D eigenvalue weighted by molar-refractivity contribution is 8.05. The fourth-order valence-electron chi connectivity index (χ4n) is 0.883. The molecule has 0 spiro atoms. The maximum Gasteiger partial charge on any atom is -0.00717 e. The van der Waals surface area contributed by atoms with Crippen LogP contribution in [0.1, 0.15) is 27.2 Å². The van der Waals surface area contributed by atoms with Crippen LogP contribution >= 0.6 is 11.8 Å². The molecule has 0 saturated carbocycles. The summed E-state index contributed by atoms with van der Waals surface area (Å²) in [6.07, 6.45) is 5.62. The lowest BCUT2D eigenvalue weighted by atomic mass is 9.95. The predicted octanol–water partition coefficient (Wildman–Crippen LogP) is 3.57. The van der Waals surface area contributed by atoms with Crippen LogP contribution in [-0.2, 0) is 0 Å². The summed E-state index contributed by atoms with van der Waals surface area (Å²) < 4.78 is 0. The van der Waals surface area contributed by atoms with Gasteiger partial charge in [-0.3, -0.25) is 0 Å². The Kier molecular flexibility index (Phi) is 2.24. The van der Waals surface area contributed by atoms with E-state index in [1.807, 2.05) is 11.8 Å². The van der Waals surface area contributed by atoms with Gasteiger partial charge in [0.1, 0.15) is 0 Å². The quantitative estimate of drug-likeness (QED) is 0.514. The maximum absolute atomic E-state index is 2.31. The van der Waals surface area contributed by atoms with Crippen LogP contribution in [0.5, 0.6) is 0 Å². The van der Waals surface area contributed by atoms with E-state index in [4.69, 9.17) is 0 Å². The molecule has 0 fully saturated rings. The molecule has 0 bridgehead atoms. The Bertz CT molecular complexity index is 170. The summed E-state index contributed by atoms with van der Waals surface area (Å²) in [4.78, 5) is 1.50. The normalized spacial score (nSPS) is 18.9. The number of hydrogen-bond acceptors (Lipinski definition) is 1. The van der Waals surface area contributed by atoms with Gasteiger partial charge in [-0.2, -0.15) is 0 Å². The summed E-state index contributed by atoms with van der Waals surface area (Å²) in [5.74, 6) is 0. The van der Waals surface area contributed by atoms with Gasteiger partial charge in [-0.05, 0) is 22.1 Å². The third-order valence-corrected chi connectivity index (χ3v) is 2.83. The van der Waals surface area contributed by atoms with Gasteiger partial charge in [0.2, 0.25) is 0 Å². The van der Waals surface area contributed by atoms with Crippen LogP contribution < -0.4 is 0 Å². The van der Waals surface area contributed by atoms with Gasteiger partial charge < -0.3 is 0 Å². The van der Waals surface area contributed by atoms with E-state index >= 15 is 0 Å². The summed E-state index contributed by atoms with van der Waals surface area (Å²) >= 11 is 1.85. The molecule has 1 heterocycles. The lowest BCUT2D eigenvalue weighted by molar-refractivity contribution is 0.532. The molecule has 0 aromatic carbocycles.